The van der Waals surface area contributed by atoms with Crippen molar-refractivity contribution < 1.29 is 4.43 Å². The second-order valence-electron chi connectivity index (χ2n) is 6.47. The molecular formula is C14H26OSi2. The predicted octanol–water partition coefficient (Wildman–Crippen LogP) is 3.07. The van der Waals surface area contributed by atoms with E-state index in [9.17, 15) is 0 Å². The number of hydrogen-bond acceptors (Lipinski definition) is 1. The molecule has 0 heterocycles. The van der Waals surface area contributed by atoms with Gasteiger partial charge < -0.3 is 4.43 Å². The normalized spacial score (nSPS) is 13.2. The Labute approximate surface area is 108 Å². The summed E-state index contributed by atoms with van der Waals surface area (Å²) in [6, 6.07) is 8.90. The molecule has 0 amide bonds. The van der Waals surface area contributed by atoms with Crippen LogP contribution >= 0.6 is 0 Å². The van der Waals surface area contributed by atoms with E-state index in [4.69, 9.17) is 4.43 Å². The molecule has 0 fully saturated rings. The minimum absolute atomic E-state index is 0.311. The lowest BCUT2D eigenvalue weighted by Gasteiger charge is -2.31. The number of benzene rings is 1. The van der Waals surface area contributed by atoms with E-state index in [0.29, 0.717) is 6.10 Å². The van der Waals surface area contributed by atoms with Gasteiger partial charge in [-0.2, -0.15) is 0 Å². The van der Waals surface area contributed by atoms with Gasteiger partial charge in [0.05, 0.1) is 8.07 Å². The van der Waals surface area contributed by atoms with Crippen LogP contribution in [-0.2, 0) is 4.43 Å². The van der Waals surface area contributed by atoms with Gasteiger partial charge in [-0.3, -0.25) is 0 Å². The van der Waals surface area contributed by atoms with Crippen LogP contribution in [0.1, 0.15) is 13.8 Å². The van der Waals surface area contributed by atoms with E-state index >= 15 is 0 Å². The second kappa shape index (κ2) is 5.08. The molecule has 0 aromatic heterocycles. The van der Waals surface area contributed by atoms with Crippen LogP contribution in [0.4, 0.5) is 0 Å². The van der Waals surface area contributed by atoms with Gasteiger partial charge in [-0.1, -0.05) is 49.1 Å². The lowest BCUT2D eigenvalue weighted by molar-refractivity contribution is 0.238. The van der Waals surface area contributed by atoms with Crippen molar-refractivity contribution in [2.24, 2.45) is 0 Å². The van der Waals surface area contributed by atoms with E-state index in [0.717, 1.165) is 0 Å². The average Bonchev–Trinajstić information content (AvgIpc) is 2.14. The van der Waals surface area contributed by atoms with Crippen molar-refractivity contribution in [3.05, 3.63) is 24.3 Å². The van der Waals surface area contributed by atoms with Crippen molar-refractivity contribution in [3.63, 3.8) is 0 Å². The molecule has 0 atom stereocenters. The maximum absolute atomic E-state index is 6.22. The first-order valence-corrected chi connectivity index (χ1v) is 12.8. The molecule has 0 aliphatic rings. The molecular weight excluding hydrogens is 240 g/mol. The molecule has 0 spiro atoms. The lowest BCUT2D eigenvalue weighted by atomic mass is 10.4. The van der Waals surface area contributed by atoms with Gasteiger partial charge in [-0.25, -0.2) is 0 Å². The van der Waals surface area contributed by atoms with Gasteiger partial charge in [-0.05, 0) is 32.1 Å². The third-order valence-electron chi connectivity index (χ3n) is 2.91. The Morgan fingerprint density at radius 1 is 0.882 bits per heavy atom. The molecule has 1 aromatic carbocycles. The van der Waals surface area contributed by atoms with E-state index in [1.807, 2.05) is 0 Å². The zero-order valence-corrected chi connectivity index (χ0v) is 14.3. The minimum Gasteiger partial charge on any atom is -0.411 e. The van der Waals surface area contributed by atoms with Gasteiger partial charge >= 0.3 is 0 Å². The van der Waals surface area contributed by atoms with Crippen molar-refractivity contribution in [1.29, 1.82) is 0 Å². The molecule has 0 bridgehead atoms. The van der Waals surface area contributed by atoms with Crippen LogP contribution in [0.25, 0.3) is 0 Å². The Morgan fingerprint density at radius 3 is 1.76 bits per heavy atom. The first-order valence-electron chi connectivity index (χ1n) is 6.42. The van der Waals surface area contributed by atoms with Gasteiger partial charge in [0.25, 0.3) is 0 Å². The van der Waals surface area contributed by atoms with E-state index in [1.54, 1.807) is 5.19 Å². The molecule has 3 heteroatoms. The van der Waals surface area contributed by atoms with E-state index < -0.39 is 16.4 Å². The highest BCUT2D eigenvalue weighted by Gasteiger charge is 2.32. The molecule has 1 rings (SSSR count). The summed E-state index contributed by atoms with van der Waals surface area (Å²) in [6.45, 7) is 16.1. The molecule has 0 aliphatic heterocycles. The van der Waals surface area contributed by atoms with Crippen molar-refractivity contribution in [3.8, 4) is 0 Å². The monoisotopic (exact) mass is 266 g/mol. The molecule has 0 N–H and O–H groups in total. The summed E-state index contributed by atoms with van der Waals surface area (Å²) in [7, 11) is -3.05. The highest BCUT2D eigenvalue weighted by Crippen LogP contribution is 2.10. The third kappa shape index (κ3) is 3.80. The topological polar surface area (TPSA) is 9.23 Å². The first-order chi connectivity index (χ1) is 7.64. The molecule has 0 aliphatic carbocycles. The van der Waals surface area contributed by atoms with Crippen LogP contribution in [0, 0.1) is 0 Å². The Morgan fingerprint density at radius 2 is 1.35 bits per heavy atom. The molecule has 0 saturated heterocycles. The molecule has 17 heavy (non-hydrogen) atoms. The lowest BCUT2D eigenvalue weighted by Crippen LogP contribution is -2.59. The highest BCUT2D eigenvalue weighted by molar-refractivity contribution is 6.96. The van der Waals surface area contributed by atoms with E-state index in [2.05, 4.69) is 70.8 Å². The largest absolute Gasteiger partial charge is 0.411 e. The SMILES string of the molecule is CC(C)O[Si](C)(C)c1ccccc1[Si](C)(C)C. The molecule has 1 aromatic rings. The fraction of sp³-hybridized carbons (Fsp3) is 0.571. The van der Waals surface area contributed by atoms with Gasteiger partial charge in [0.1, 0.15) is 0 Å². The minimum atomic E-state index is -1.76. The Kier molecular flexibility index (Phi) is 4.39. The fourth-order valence-electron chi connectivity index (χ4n) is 2.31. The van der Waals surface area contributed by atoms with Gasteiger partial charge in [0.15, 0.2) is 0 Å². The molecule has 1 nitrogen and oxygen atoms in total. The molecule has 0 unspecified atom stereocenters. The van der Waals surface area contributed by atoms with Crippen molar-refractivity contribution >= 4 is 26.8 Å². The summed E-state index contributed by atoms with van der Waals surface area (Å²) < 4.78 is 6.22. The van der Waals surface area contributed by atoms with Crippen molar-refractivity contribution in [2.45, 2.75) is 52.7 Å². The summed E-state index contributed by atoms with van der Waals surface area (Å²) in [5.41, 5.74) is 0. The number of hydrogen-bond donors (Lipinski definition) is 0. The number of rotatable bonds is 4. The fourth-order valence-corrected chi connectivity index (χ4v) is 8.37. The smallest absolute Gasteiger partial charge is 0.218 e. The highest BCUT2D eigenvalue weighted by atomic mass is 28.4. The van der Waals surface area contributed by atoms with E-state index in [-0.39, 0.29) is 0 Å². The Balaban J connectivity index is 3.22. The Bertz CT molecular complexity index is 378. The van der Waals surface area contributed by atoms with Crippen LogP contribution in [0.15, 0.2) is 24.3 Å². The summed E-state index contributed by atoms with van der Waals surface area (Å²) in [6.07, 6.45) is 0.311. The zero-order valence-electron chi connectivity index (χ0n) is 12.3. The van der Waals surface area contributed by atoms with Crippen LogP contribution < -0.4 is 10.4 Å². The van der Waals surface area contributed by atoms with Crippen LogP contribution in [0.3, 0.4) is 0 Å². The Hall–Kier alpha value is -0.386. The van der Waals surface area contributed by atoms with Crippen LogP contribution in [-0.4, -0.2) is 22.5 Å². The summed E-state index contributed by atoms with van der Waals surface area (Å²) >= 11 is 0. The van der Waals surface area contributed by atoms with Crippen LogP contribution in [0.2, 0.25) is 32.7 Å². The quantitative estimate of drug-likeness (QED) is 0.761. The summed E-state index contributed by atoms with van der Waals surface area (Å²) in [5.74, 6) is 0. The van der Waals surface area contributed by atoms with Gasteiger partial charge in [0.2, 0.25) is 8.32 Å². The van der Waals surface area contributed by atoms with Crippen LogP contribution in [0.5, 0.6) is 0 Å². The maximum Gasteiger partial charge on any atom is 0.218 e. The molecule has 96 valence electrons. The molecule has 0 radical (unpaired) electrons. The second-order valence-corrected chi connectivity index (χ2v) is 15.3. The summed E-state index contributed by atoms with van der Waals surface area (Å²) in [4.78, 5) is 0. The maximum atomic E-state index is 6.22. The predicted molar refractivity (Wildman–Crippen MR) is 82.8 cm³/mol. The standard InChI is InChI=1S/C14H26OSi2/c1-12(2)15-17(6,7)14-11-9-8-10-13(14)16(3,4)5/h8-12H,1-7H3. The summed E-state index contributed by atoms with van der Waals surface area (Å²) in [5, 5.41) is 3.06. The third-order valence-corrected chi connectivity index (χ3v) is 8.01. The molecule has 0 saturated carbocycles. The van der Waals surface area contributed by atoms with Gasteiger partial charge in [-0.15, -0.1) is 0 Å². The first kappa shape index (κ1) is 14.7. The average molecular weight is 267 g/mol. The zero-order chi connectivity index (χ0) is 13.3. The van der Waals surface area contributed by atoms with Crippen molar-refractivity contribution in [2.75, 3.05) is 0 Å². The van der Waals surface area contributed by atoms with Crippen molar-refractivity contribution in [1.82, 2.24) is 0 Å². The van der Waals surface area contributed by atoms with E-state index in [1.165, 1.54) is 5.19 Å². The van der Waals surface area contributed by atoms with Gasteiger partial charge in [0, 0.05) is 6.10 Å².